The molecule has 7 heteroatoms. The van der Waals surface area contributed by atoms with Gasteiger partial charge in [-0.05, 0) is 59.7 Å². The predicted octanol–water partition coefficient (Wildman–Crippen LogP) is 17.6. The topological polar surface area (TPSA) is 63.1 Å². The number of carbonyl (C=O) groups excluding carboxylic acids is 1. The molecule has 71 heavy (non-hydrogen) atoms. The van der Waals surface area contributed by atoms with E-state index < -0.39 is 20.4 Å². The minimum absolute atomic E-state index is 0. The number of carbonyl (C=O) groups is 1. The minimum atomic E-state index is -0.438. The van der Waals surface area contributed by atoms with Crippen molar-refractivity contribution < 1.29 is 30.0 Å². The maximum Gasteiger partial charge on any atom is 0.162 e. The third-order valence-electron chi connectivity index (χ3n) is 12.9. The van der Waals surface area contributed by atoms with Crippen LogP contribution in [-0.4, -0.2) is 41.3 Å². The summed E-state index contributed by atoms with van der Waals surface area (Å²) in [7, 11) is 0. The van der Waals surface area contributed by atoms with Gasteiger partial charge in [-0.2, -0.15) is 0 Å². The van der Waals surface area contributed by atoms with Gasteiger partial charge in [-0.1, -0.05) is 88.4 Å². The number of fused-ring (bicyclic) bond motifs is 6. The summed E-state index contributed by atoms with van der Waals surface area (Å²) in [6.45, 7) is 15.0. The zero-order valence-corrected chi connectivity index (χ0v) is 47.3. The molecular weight excluding hydrogens is 1180 g/mol. The van der Waals surface area contributed by atoms with Crippen molar-refractivity contribution in [2.24, 2.45) is 17.3 Å². The van der Waals surface area contributed by atoms with E-state index in [0.29, 0.717) is 5.41 Å². The zero-order valence-electron chi connectivity index (χ0n) is 41.8. The van der Waals surface area contributed by atoms with Gasteiger partial charge in [-0.15, -0.1) is 35.9 Å². The second-order valence-electron chi connectivity index (χ2n) is 19.1. The van der Waals surface area contributed by atoms with Gasteiger partial charge in [0.15, 0.2) is 5.78 Å². The summed E-state index contributed by atoms with van der Waals surface area (Å²) in [5.74, 6) is 0.547. The monoisotopic (exact) mass is 1250 g/mol. The zero-order chi connectivity index (χ0) is 49.2. The first kappa shape index (κ1) is 53.3. The quantitative estimate of drug-likeness (QED) is 0.0573. The first-order chi connectivity index (χ1) is 34.0. The third-order valence-corrected chi connectivity index (χ3v) is 17.2. The average molecular weight is 1240 g/mol. The van der Waals surface area contributed by atoms with Crippen molar-refractivity contribution in [1.29, 1.82) is 0 Å². The Morgan fingerprint density at radius 1 is 0.662 bits per heavy atom. The van der Waals surface area contributed by atoms with Crippen LogP contribution in [0.5, 0.6) is 0 Å². The smallest absolute Gasteiger partial charge is 0.162 e. The largest absolute Gasteiger partial charge is 0.512 e. The van der Waals surface area contributed by atoms with Gasteiger partial charge < -0.3 is 10.1 Å². The predicted molar refractivity (Wildman–Crippen MR) is 300 cm³/mol. The summed E-state index contributed by atoms with van der Waals surface area (Å²) in [5, 5.41) is 16.4. The molecule has 1 N–H and O–H groups in total. The number of thiophene rings is 1. The van der Waals surface area contributed by atoms with Crippen LogP contribution in [0.25, 0.3) is 82.5 Å². The molecule has 363 valence electrons. The van der Waals surface area contributed by atoms with Crippen LogP contribution in [0.1, 0.15) is 79.7 Å². The molecule has 0 atom stereocenters. The average Bonchev–Trinajstić information content (AvgIpc) is 4.00. The van der Waals surface area contributed by atoms with Crippen LogP contribution in [0.4, 0.5) is 0 Å². The van der Waals surface area contributed by atoms with Gasteiger partial charge >= 0.3 is 197 Å². The number of rotatable bonds is 12. The number of pyridine rings is 2. The molecule has 0 bridgehead atoms. The molecule has 0 aliphatic heterocycles. The van der Waals surface area contributed by atoms with Gasteiger partial charge in [-0.3, -0.25) is 4.79 Å². The summed E-state index contributed by atoms with van der Waals surface area (Å²) in [6, 6.07) is 60.5. The van der Waals surface area contributed by atoms with E-state index >= 15 is 0 Å². The number of aliphatic hydroxyl groups is 1. The summed E-state index contributed by atoms with van der Waals surface area (Å²) < 4.78 is 5.49. The third kappa shape index (κ3) is 13.1. The van der Waals surface area contributed by atoms with Gasteiger partial charge in [0.1, 0.15) is 0 Å². The van der Waals surface area contributed by atoms with E-state index in [2.05, 4.69) is 153 Å². The van der Waals surface area contributed by atoms with Crippen LogP contribution >= 0.6 is 11.3 Å². The molecule has 0 saturated carbocycles. The number of benzene rings is 6. The fourth-order valence-corrected chi connectivity index (χ4v) is 13.4. The van der Waals surface area contributed by atoms with Gasteiger partial charge in [-0.25, -0.2) is 0 Å². The van der Waals surface area contributed by atoms with Crippen LogP contribution in [0.15, 0.2) is 176 Å². The Balaban J connectivity index is 0.000000166. The Morgan fingerprint density at radius 3 is 1.97 bits per heavy atom. The molecular formula is C64H62IrN2O2STe-2. The standard InChI is InChI=1S/C28H22NSTe.C23H16N.C13H24O2.Ir/c1-28(2,3)16-17-8-10-20-18(14-17)9-11-21-22-12-13-29-25(27(22)30-26(20)21)24-15-19-6-4-5-7-23(19)31-24;1-3-7-18(8-4-1)19-11-13-20(14-12-19)22-15-16-24-23(17-22)21-9-5-2-6-10-21;1-5-10(6-2)12(14)9-13(15)11(7-3)8-4;/h4-14H,16H2,1-3H3;1-9,11-17H;9-11,14H,5-8H2,1-4H3;/q2*-1;;/b;;12-9-;. The van der Waals surface area contributed by atoms with E-state index in [9.17, 15) is 9.90 Å². The van der Waals surface area contributed by atoms with Crippen LogP contribution in [0, 0.1) is 29.4 Å². The van der Waals surface area contributed by atoms with Crippen molar-refractivity contribution in [3.8, 4) is 42.8 Å². The molecule has 0 spiro atoms. The van der Waals surface area contributed by atoms with Crippen molar-refractivity contribution in [2.75, 3.05) is 0 Å². The number of nitrogens with zero attached hydrogens (tertiary/aromatic N) is 2. The van der Waals surface area contributed by atoms with E-state index in [1.54, 1.807) is 0 Å². The molecule has 0 fully saturated rings. The molecule has 0 aliphatic carbocycles. The number of allylic oxidation sites excluding steroid dienone is 2. The Hall–Kier alpha value is -5.51. The Bertz CT molecular complexity index is 3330. The van der Waals surface area contributed by atoms with Gasteiger partial charge in [0.05, 0.1) is 5.76 Å². The molecule has 0 aliphatic rings. The molecule has 6 aromatic carbocycles. The fraction of sp³-hybridized carbons (Fsp3) is 0.234. The maximum absolute atomic E-state index is 11.7. The van der Waals surface area contributed by atoms with Gasteiger partial charge in [0.2, 0.25) is 0 Å². The number of aromatic nitrogens is 2. The second-order valence-corrected chi connectivity index (χ2v) is 23.1. The van der Waals surface area contributed by atoms with Crippen molar-refractivity contribution >= 4 is 77.3 Å². The Morgan fingerprint density at radius 2 is 1.30 bits per heavy atom. The van der Waals surface area contributed by atoms with Crippen LogP contribution in [0.2, 0.25) is 0 Å². The maximum atomic E-state index is 11.7. The number of hydrogen-bond acceptors (Lipinski definition) is 5. The minimum Gasteiger partial charge on any atom is -0.512 e. The van der Waals surface area contributed by atoms with Crippen LogP contribution in [0.3, 0.4) is 0 Å². The van der Waals surface area contributed by atoms with E-state index in [4.69, 9.17) is 4.98 Å². The van der Waals surface area contributed by atoms with E-state index in [-0.39, 0.29) is 43.5 Å². The van der Waals surface area contributed by atoms with E-state index in [0.717, 1.165) is 54.6 Å². The summed E-state index contributed by atoms with van der Waals surface area (Å²) >= 11 is 1.46. The van der Waals surface area contributed by atoms with Gasteiger partial charge in [0, 0.05) is 44.2 Å². The van der Waals surface area contributed by atoms with E-state index in [1.165, 1.54) is 71.6 Å². The van der Waals surface area contributed by atoms with Crippen molar-refractivity contribution in [1.82, 2.24) is 9.97 Å². The van der Waals surface area contributed by atoms with Crippen molar-refractivity contribution in [3.05, 3.63) is 194 Å². The fourth-order valence-electron chi connectivity index (χ4n) is 9.02. The summed E-state index contributed by atoms with van der Waals surface area (Å²) in [5.41, 5.74) is 9.63. The Labute approximate surface area is 447 Å². The first-order valence-electron chi connectivity index (χ1n) is 24.6. The summed E-state index contributed by atoms with van der Waals surface area (Å²) in [4.78, 5) is 21.0. The molecule has 1 radical (unpaired) electrons. The molecule has 0 saturated heterocycles. The molecule has 0 unspecified atom stereocenters. The van der Waals surface area contributed by atoms with E-state index in [1.807, 2.05) is 87.8 Å². The number of hydrogen-bond donors (Lipinski definition) is 1. The molecule has 10 aromatic rings. The SMILES string of the molecule is CC(C)(C)Cc1ccc2c(ccc3c4ccnc(-c5[c-]c6ccccc6[te]5)c4sc23)c1.CCC(CC)C(=O)/C=C(\O)C(CC)CC.[Ir].[c-]1ccccc1-c1cc(-c2ccc(-c3ccccc3)cc2)ccn1. The molecule has 4 aromatic heterocycles. The molecule has 4 nitrogen and oxygen atoms in total. The van der Waals surface area contributed by atoms with Crippen LogP contribution < -0.4 is 0 Å². The summed E-state index contributed by atoms with van der Waals surface area (Å²) in [6.07, 6.45) is 9.83. The molecule has 10 rings (SSSR count). The van der Waals surface area contributed by atoms with Crippen molar-refractivity contribution in [3.63, 3.8) is 0 Å². The normalized spacial score (nSPS) is 11.6. The first-order valence-corrected chi connectivity index (χ1v) is 27.8. The number of aliphatic hydroxyl groups excluding tert-OH is 1. The molecule has 0 amide bonds. The van der Waals surface area contributed by atoms with Crippen molar-refractivity contribution in [2.45, 2.75) is 80.6 Å². The Kier molecular flexibility index (Phi) is 18.6. The number of ketones is 1. The molecule has 4 heterocycles. The van der Waals surface area contributed by atoms with Gasteiger partial charge in [0.25, 0.3) is 0 Å². The van der Waals surface area contributed by atoms with Crippen LogP contribution in [-0.2, 0) is 31.3 Å². The second kappa shape index (κ2) is 24.7.